The van der Waals surface area contributed by atoms with E-state index in [0.29, 0.717) is 0 Å². The number of alkyl halides is 3. The zero-order valence-electron chi connectivity index (χ0n) is 18.0. The minimum Gasteiger partial charge on any atom is -0.481 e. The molecular formula is C26H22F3NO4. The Balaban J connectivity index is 1.65. The maximum atomic E-state index is 13.7. The average molecular weight is 469 g/mol. The maximum Gasteiger partial charge on any atom is 0.416 e. The van der Waals surface area contributed by atoms with Crippen molar-refractivity contribution in [2.75, 3.05) is 6.61 Å². The summed E-state index contributed by atoms with van der Waals surface area (Å²) < 4.78 is 46.5. The van der Waals surface area contributed by atoms with Gasteiger partial charge < -0.3 is 15.6 Å². The number of esters is 1. The summed E-state index contributed by atoms with van der Waals surface area (Å²) in [5.41, 5.74) is 8.39. The molecule has 3 aromatic rings. The van der Waals surface area contributed by atoms with Crippen molar-refractivity contribution in [3.05, 3.63) is 95.1 Å². The fourth-order valence-electron chi connectivity index (χ4n) is 4.57. The molecule has 3 N–H and O–H groups in total. The zero-order chi connectivity index (χ0) is 24.5. The summed E-state index contributed by atoms with van der Waals surface area (Å²) in [4.78, 5) is 24.4. The normalized spacial score (nSPS) is 14.7. The molecule has 0 heterocycles. The van der Waals surface area contributed by atoms with E-state index in [0.717, 1.165) is 34.4 Å². The molecular weight excluding hydrogens is 447 g/mol. The molecule has 0 spiro atoms. The van der Waals surface area contributed by atoms with Gasteiger partial charge in [-0.25, -0.2) is 0 Å². The third-order valence-corrected chi connectivity index (χ3v) is 6.05. The van der Waals surface area contributed by atoms with Crippen LogP contribution in [0.15, 0.2) is 72.8 Å². The molecule has 0 bridgehead atoms. The highest BCUT2D eigenvalue weighted by atomic mass is 19.4. The van der Waals surface area contributed by atoms with E-state index in [4.69, 9.17) is 15.6 Å². The zero-order valence-corrected chi connectivity index (χ0v) is 18.0. The number of carbonyl (C=O) groups excluding carboxylic acids is 1. The molecule has 0 saturated carbocycles. The largest absolute Gasteiger partial charge is 0.481 e. The fraction of sp³-hybridized carbons (Fsp3) is 0.231. The number of hydrogen-bond donors (Lipinski definition) is 2. The highest BCUT2D eigenvalue weighted by Gasteiger charge is 2.40. The summed E-state index contributed by atoms with van der Waals surface area (Å²) in [6.07, 6.45) is -5.44. The van der Waals surface area contributed by atoms with Gasteiger partial charge in [0.05, 0.1) is 17.9 Å². The van der Waals surface area contributed by atoms with Crippen LogP contribution in [0.4, 0.5) is 13.2 Å². The molecule has 176 valence electrons. The van der Waals surface area contributed by atoms with Gasteiger partial charge in [0, 0.05) is 12.0 Å². The van der Waals surface area contributed by atoms with Crippen LogP contribution in [-0.4, -0.2) is 29.7 Å². The number of ether oxygens (including phenoxy) is 1. The Morgan fingerprint density at radius 1 is 0.912 bits per heavy atom. The molecule has 0 saturated heterocycles. The highest BCUT2D eigenvalue weighted by Crippen LogP contribution is 2.45. The Hall–Kier alpha value is -3.65. The monoisotopic (exact) mass is 469 g/mol. The van der Waals surface area contributed by atoms with E-state index < -0.39 is 47.6 Å². The Kier molecular flexibility index (Phi) is 6.43. The number of carbonyl (C=O) groups is 2. The molecule has 0 aliphatic heterocycles. The van der Waals surface area contributed by atoms with Crippen LogP contribution in [0.3, 0.4) is 0 Å². The molecule has 2 atom stereocenters. The summed E-state index contributed by atoms with van der Waals surface area (Å²) in [7, 11) is 0. The lowest BCUT2D eigenvalue weighted by Gasteiger charge is -2.25. The van der Waals surface area contributed by atoms with Crippen LogP contribution in [0.25, 0.3) is 11.1 Å². The molecule has 1 aliphatic rings. The van der Waals surface area contributed by atoms with Crippen LogP contribution in [0.1, 0.15) is 40.5 Å². The van der Waals surface area contributed by atoms with Crippen LogP contribution >= 0.6 is 0 Å². The molecule has 1 aliphatic carbocycles. The van der Waals surface area contributed by atoms with E-state index in [2.05, 4.69) is 0 Å². The van der Waals surface area contributed by atoms with Crippen molar-refractivity contribution in [3.8, 4) is 11.1 Å². The molecule has 3 aromatic carbocycles. The van der Waals surface area contributed by atoms with Crippen LogP contribution in [0.5, 0.6) is 0 Å². The molecule has 0 aromatic heterocycles. The number of hydrogen-bond acceptors (Lipinski definition) is 4. The number of halogens is 3. The van der Waals surface area contributed by atoms with E-state index >= 15 is 0 Å². The smallest absolute Gasteiger partial charge is 0.416 e. The Bertz CT molecular complexity index is 1180. The van der Waals surface area contributed by atoms with Gasteiger partial charge in [0.25, 0.3) is 0 Å². The fourth-order valence-corrected chi connectivity index (χ4v) is 4.57. The van der Waals surface area contributed by atoms with Crippen LogP contribution in [0.2, 0.25) is 0 Å². The number of carboxylic acid groups (broad SMARTS) is 1. The number of fused-ring (bicyclic) bond motifs is 3. The molecule has 5 nitrogen and oxygen atoms in total. The molecule has 0 fully saturated rings. The van der Waals surface area contributed by atoms with Crippen molar-refractivity contribution in [3.63, 3.8) is 0 Å². The van der Waals surface area contributed by atoms with Crippen molar-refractivity contribution in [1.82, 2.24) is 0 Å². The van der Waals surface area contributed by atoms with Crippen molar-refractivity contribution < 1.29 is 32.6 Å². The Labute approximate surface area is 194 Å². The molecule has 34 heavy (non-hydrogen) atoms. The van der Waals surface area contributed by atoms with Crippen LogP contribution in [0, 0.1) is 0 Å². The Morgan fingerprint density at radius 2 is 1.44 bits per heavy atom. The predicted molar refractivity (Wildman–Crippen MR) is 119 cm³/mol. The van der Waals surface area contributed by atoms with Crippen LogP contribution < -0.4 is 5.73 Å². The van der Waals surface area contributed by atoms with Crippen molar-refractivity contribution in [1.29, 1.82) is 0 Å². The first kappa shape index (κ1) is 23.5. The maximum absolute atomic E-state index is 13.7. The first-order chi connectivity index (χ1) is 16.2. The third-order valence-electron chi connectivity index (χ3n) is 6.05. The third kappa shape index (κ3) is 4.54. The Morgan fingerprint density at radius 3 is 2.00 bits per heavy atom. The van der Waals surface area contributed by atoms with Gasteiger partial charge in [-0.05, 0) is 33.9 Å². The van der Waals surface area contributed by atoms with Crippen molar-refractivity contribution >= 4 is 11.9 Å². The van der Waals surface area contributed by atoms with E-state index in [1.165, 1.54) is 12.1 Å². The second-order valence-corrected chi connectivity index (χ2v) is 8.18. The lowest BCUT2D eigenvalue weighted by molar-refractivity contribution is -0.147. The number of benzene rings is 3. The first-order valence-electron chi connectivity index (χ1n) is 10.7. The van der Waals surface area contributed by atoms with Gasteiger partial charge in [-0.2, -0.15) is 13.2 Å². The number of rotatable bonds is 7. The first-order valence-corrected chi connectivity index (χ1v) is 10.7. The van der Waals surface area contributed by atoms with E-state index in [-0.39, 0.29) is 12.5 Å². The summed E-state index contributed by atoms with van der Waals surface area (Å²) in [6.45, 7) is -0.114. The summed E-state index contributed by atoms with van der Waals surface area (Å²) in [6, 6.07) is 18.4. The van der Waals surface area contributed by atoms with E-state index in [9.17, 15) is 22.8 Å². The van der Waals surface area contributed by atoms with Gasteiger partial charge in [0.2, 0.25) is 0 Å². The molecule has 8 heteroatoms. The minimum atomic E-state index is -4.75. The standard InChI is InChI=1S/C26H22F3NO4/c27-26(28,29)21-12-6-5-11-19(21)24(22(30)13-23(31)32)25(33)34-14-20-17-9-3-1-7-15(17)16-8-2-4-10-18(16)20/h1-12,20,22,24H,13-14,30H2,(H,31,32)/t22-,24+/m1/s1. The number of aliphatic carboxylic acids is 1. The SMILES string of the molecule is N[C@H](CC(=O)O)[C@@H](C(=O)OCC1c2ccccc2-c2ccccc21)c1ccccc1C(F)(F)F. The molecule has 0 unspecified atom stereocenters. The van der Waals surface area contributed by atoms with E-state index in [1.54, 1.807) is 0 Å². The summed E-state index contributed by atoms with van der Waals surface area (Å²) in [5.74, 6) is -4.22. The quantitative estimate of drug-likeness (QED) is 0.478. The van der Waals surface area contributed by atoms with Gasteiger partial charge in [-0.3, -0.25) is 9.59 Å². The highest BCUT2D eigenvalue weighted by molar-refractivity contribution is 5.82. The second kappa shape index (κ2) is 9.30. The molecule has 0 radical (unpaired) electrons. The topological polar surface area (TPSA) is 89.6 Å². The summed E-state index contributed by atoms with van der Waals surface area (Å²) >= 11 is 0. The van der Waals surface area contributed by atoms with Gasteiger partial charge in [-0.15, -0.1) is 0 Å². The van der Waals surface area contributed by atoms with Crippen LogP contribution in [-0.2, 0) is 20.5 Å². The molecule has 0 amide bonds. The van der Waals surface area contributed by atoms with Crippen molar-refractivity contribution in [2.24, 2.45) is 5.73 Å². The summed E-state index contributed by atoms with van der Waals surface area (Å²) in [5, 5.41) is 9.16. The average Bonchev–Trinajstić information content (AvgIpc) is 3.11. The van der Waals surface area contributed by atoms with Gasteiger partial charge >= 0.3 is 18.1 Å². The molecule has 4 rings (SSSR count). The van der Waals surface area contributed by atoms with E-state index in [1.807, 2.05) is 48.5 Å². The van der Waals surface area contributed by atoms with Gasteiger partial charge in [0.15, 0.2) is 0 Å². The predicted octanol–water partition coefficient (Wildman–Crippen LogP) is 4.95. The lowest BCUT2D eigenvalue weighted by Crippen LogP contribution is -2.38. The van der Waals surface area contributed by atoms with Crippen molar-refractivity contribution in [2.45, 2.75) is 30.5 Å². The van der Waals surface area contributed by atoms with Gasteiger partial charge in [-0.1, -0.05) is 66.7 Å². The lowest BCUT2D eigenvalue weighted by atomic mass is 9.86. The number of carboxylic acids is 1. The second-order valence-electron chi connectivity index (χ2n) is 8.18. The minimum absolute atomic E-state index is 0.114. The number of nitrogens with two attached hydrogens (primary N) is 1. The van der Waals surface area contributed by atoms with Gasteiger partial charge in [0.1, 0.15) is 6.61 Å².